The molecule has 0 aliphatic carbocycles. The summed E-state index contributed by atoms with van der Waals surface area (Å²) in [6.45, 7) is 1.51. The summed E-state index contributed by atoms with van der Waals surface area (Å²) in [6, 6.07) is 3.09. The molecule has 0 radical (unpaired) electrons. The van der Waals surface area contributed by atoms with E-state index < -0.39 is 45.2 Å². The molecule has 9 nitrogen and oxygen atoms in total. The number of nitrogens with zero attached hydrogens (tertiary/aromatic N) is 2. The number of alkyl halides is 6. The number of hydrogen-bond acceptors (Lipinski definition) is 7. The maximum atomic E-state index is 13.6. The molecule has 2 rings (SSSR count). The predicted molar refractivity (Wildman–Crippen MR) is 95.6 cm³/mol. The molecule has 0 saturated heterocycles. The van der Waals surface area contributed by atoms with Crippen LogP contribution in [0, 0.1) is 6.92 Å². The number of nitrogens with one attached hydrogen (secondary N) is 2. The molecule has 1 heterocycles. The molecule has 0 aliphatic heterocycles. The van der Waals surface area contributed by atoms with Crippen molar-refractivity contribution in [2.24, 2.45) is 0 Å². The summed E-state index contributed by atoms with van der Waals surface area (Å²) in [5, 5.41) is 1.96. The average molecular weight is 488 g/mol. The largest absolute Gasteiger partial charge is 0.481 e. The van der Waals surface area contributed by atoms with Crippen molar-refractivity contribution >= 4 is 22.0 Å². The van der Waals surface area contributed by atoms with Gasteiger partial charge in [-0.25, -0.2) is 27.3 Å². The number of carbonyl (C=O) groups excluding carboxylic acids is 1. The average Bonchev–Trinajstić information content (AvgIpc) is 2.65. The highest BCUT2D eigenvalue weighted by molar-refractivity contribution is 7.90. The van der Waals surface area contributed by atoms with Gasteiger partial charge in [-0.2, -0.15) is 26.9 Å². The summed E-state index contributed by atoms with van der Waals surface area (Å²) in [7, 11) is -3.71. The number of sulfonamides is 1. The summed E-state index contributed by atoms with van der Waals surface area (Å²) in [5.41, 5.74) is 0.335. The molecule has 32 heavy (non-hydrogen) atoms. The van der Waals surface area contributed by atoms with E-state index in [4.69, 9.17) is 4.74 Å². The Balaban J connectivity index is 2.26. The first kappa shape index (κ1) is 25.0. The predicted octanol–water partition coefficient (Wildman–Crippen LogP) is 3.18. The van der Waals surface area contributed by atoms with E-state index in [1.165, 1.54) is 24.8 Å². The SMILES string of the molecule is COc1cc(C)nc(NC(=O)NS(=O)(=O)c2ccccc2OC(F)(F)C(F)C(F)(F)F)n1. The Morgan fingerprint density at radius 2 is 1.75 bits per heavy atom. The van der Waals surface area contributed by atoms with Crippen LogP contribution in [0.3, 0.4) is 0 Å². The Morgan fingerprint density at radius 1 is 1.12 bits per heavy atom. The van der Waals surface area contributed by atoms with Crippen LogP contribution < -0.4 is 19.5 Å². The second-order valence-electron chi connectivity index (χ2n) is 5.95. The summed E-state index contributed by atoms with van der Waals surface area (Å²) in [5.74, 6) is -1.68. The van der Waals surface area contributed by atoms with Gasteiger partial charge in [-0.1, -0.05) is 12.1 Å². The summed E-state index contributed by atoms with van der Waals surface area (Å²) < 4.78 is 112. The van der Waals surface area contributed by atoms with Crippen molar-refractivity contribution in [2.75, 3.05) is 12.4 Å². The number of hydrogen-bond donors (Lipinski definition) is 2. The summed E-state index contributed by atoms with van der Waals surface area (Å²) >= 11 is 0. The lowest BCUT2D eigenvalue weighted by Crippen LogP contribution is -2.46. The molecular weight excluding hydrogens is 474 g/mol. The van der Waals surface area contributed by atoms with E-state index in [-0.39, 0.29) is 11.8 Å². The van der Waals surface area contributed by atoms with Gasteiger partial charge in [-0.15, -0.1) is 0 Å². The molecule has 2 N–H and O–H groups in total. The van der Waals surface area contributed by atoms with Crippen molar-refractivity contribution in [1.82, 2.24) is 14.7 Å². The molecule has 0 bridgehead atoms. The zero-order chi connectivity index (χ0) is 24.3. The second kappa shape index (κ2) is 9.05. The first-order valence-corrected chi connectivity index (χ1v) is 9.74. The minimum Gasteiger partial charge on any atom is -0.481 e. The Morgan fingerprint density at radius 3 is 2.34 bits per heavy atom. The molecular formula is C16H14F6N4O5S. The van der Waals surface area contributed by atoms with Crippen molar-refractivity contribution in [2.45, 2.75) is 30.3 Å². The molecule has 0 spiro atoms. The molecule has 1 atom stereocenters. The molecule has 176 valence electrons. The molecule has 1 aromatic carbocycles. The lowest BCUT2D eigenvalue weighted by molar-refractivity contribution is -0.305. The highest BCUT2D eigenvalue weighted by atomic mass is 32.2. The number of methoxy groups -OCH3 is 1. The van der Waals surface area contributed by atoms with Crippen LogP contribution in [0.15, 0.2) is 35.2 Å². The molecule has 1 unspecified atom stereocenters. The van der Waals surface area contributed by atoms with E-state index in [9.17, 15) is 39.6 Å². The normalized spacial score (nSPS) is 13.2. The Kier molecular flexibility index (Phi) is 7.06. The lowest BCUT2D eigenvalue weighted by atomic mass is 10.3. The third kappa shape index (κ3) is 6.12. The molecule has 0 fully saturated rings. The summed E-state index contributed by atoms with van der Waals surface area (Å²) in [4.78, 5) is 18.4. The standard InChI is InChI=1S/C16H14F6N4O5S/c1-8-7-11(30-2)24-13(23-8)25-14(27)26-32(28,29)10-6-4-3-5-9(10)31-16(21,22)12(17)15(18,19)20/h3-7,12H,1-2H3,(H2,23,24,25,26,27). The minimum absolute atomic E-state index is 0.0297. The number of amides is 2. The molecule has 2 aromatic rings. The third-order valence-electron chi connectivity index (χ3n) is 3.46. The Labute approximate surface area is 176 Å². The highest BCUT2D eigenvalue weighted by Gasteiger charge is 2.59. The number of aryl methyl sites for hydroxylation is 1. The van der Waals surface area contributed by atoms with Gasteiger partial charge in [0, 0.05) is 11.8 Å². The number of carbonyl (C=O) groups is 1. The van der Waals surface area contributed by atoms with Crippen LogP contribution in [-0.2, 0) is 10.0 Å². The van der Waals surface area contributed by atoms with Crippen LogP contribution in [0.4, 0.5) is 37.1 Å². The van der Waals surface area contributed by atoms with E-state index in [0.29, 0.717) is 17.8 Å². The van der Waals surface area contributed by atoms with E-state index in [2.05, 4.69) is 14.7 Å². The minimum atomic E-state index is -5.98. The molecule has 2 amide bonds. The fourth-order valence-electron chi connectivity index (χ4n) is 2.15. The van der Waals surface area contributed by atoms with Crippen molar-refractivity contribution in [3.05, 3.63) is 36.0 Å². The maximum Gasteiger partial charge on any atom is 0.439 e. The van der Waals surface area contributed by atoms with Crippen LogP contribution in [-0.4, -0.2) is 50.0 Å². The molecule has 0 aliphatic rings. The fourth-order valence-corrected chi connectivity index (χ4v) is 3.19. The van der Waals surface area contributed by atoms with E-state index in [0.717, 1.165) is 12.1 Å². The van der Waals surface area contributed by atoms with Crippen molar-refractivity contribution in [3.8, 4) is 11.6 Å². The van der Waals surface area contributed by atoms with Crippen LogP contribution in [0.1, 0.15) is 5.69 Å². The van der Waals surface area contributed by atoms with Gasteiger partial charge in [0.2, 0.25) is 11.8 Å². The maximum absolute atomic E-state index is 13.6. The second-order valence-corrected chi connectivity index (χ2v) is 7.60. The number of anilines is 1. The van der Waals surface area contributed by atoms with Gasteiger partial charge in [-0.3, -0.25) is 5.32 Å². The third-order valence-corrected chi connectivity index (χ3v) is 4.83. The van der Waals surface area contributed by atoms with Crippen molar-refractivity contribution < 1.29 is 49.0 Å². The molecule has 1 aromatic heterocycles. The number of rotatable bonds is 7. The lowest BCUT2D eigenvalue weighted by Gasteiger charge is -2.24. The van der Waals surface area contributed by atoms with E-state index in [1.54, 1.807) is 0 Å². The quantitative estimate of drug-likeness (QED) is 0.575. The zero-order valence-electron chi connectivity index (χ0n) is 16.1. The van der Waals surface area contributed by atoms with Crippen LogP contribution >= 0.6 is 0 Å². The first-order chi connectivity index (χ1) is 14.7. The first-order valence-electron chi connectivity index (χ1n) is 8.26. The number of aromatic nitrogens is 2. The number of benzene rings is 1. The zero-order valence-corrected chi connectivity index (χ0v) is 16.9. The van der Waals surface area contributed by atoms with Crippen LogP contribution in [0.2, 0.25) is 0 Å². The molecule has 16 heteroatoms. The molecule has 0 saturated carbocycles. The van der Waals surface area contributed by atoms with Gasteiger partial charge in [-0.05, 0) is 19.1 Å². The Hall–Kier alpha value is -3.30. The monoisotopic (exact) mass is 488 g/mol. The van der Waals surface area contributed by atoms with Gasteiger partial charge in [0.05, 0.1) is 7.11 Å². The van der Waals surface area contributed by atoms with Crippen LogP contribution in [0.5, 0.6) is 11.6 Å². The smallest absolute Gasteiger partial charge is 0.439 e. The number of urea groups is 1. The number of halogens is 6. The fraction of sp³-hybridized carbons (Fsp3) is 0.312. The van der Waals surface area contributed by atoms with E-state index in [1.807, 2.05) is 5.32 Å². The summed E-state index contributed by atoms with van der Waals surface area (Å²) in [6.07, 6.45) is -16.2. The van der Waals surface area contributed by atoms with E-state index >= 15 is 0 Å². The van der Waals surface area contributed by atoms with Crippen molar-refractivity contribution in [3.63, 3.8) is 0 Å². The van der Waals surface area contributed by atoms with Gasteiger partial charge in [0.15, 0.2) is 0 Å². The number of ether oxygens (including phenoxy) is 2. The highest BCUT2D eigenvalue weighted by Crippen LogP contribution is 2.38. The topological polar surface area (TPSA) is 120 Å². The van der Waals surface area contributed by atoms with Crippen molar-refractivity contribution in [1.29, 1.82) is 0 Å². The van der Waals surface area contributed by atoms with Gasteiger partial charge >= 0.3 is 18.3 Å². The Bertz CT molecular complexity index is 1100. The van der Waals surface area contributed by atoms with Crippen LogP contribution in [0.25, 0.3) is 0 Å². The van der Waals surface area contributed by atoms with Gasteiger partial charge < -0.3 is 9.47 Å². The van der Waals surface area contributed by atoms with Gasteiger partial charge in [0.1, 0.15) is 10.6 Å². The van der Waals surface area contributed by atoms with Gasteiger partial charge in [0.25, 0.3) is 16.2 Å². The number of para-hydroxylation sites is 1.